The molecule has 3 atom stereocenters. The molecule has 186 valence electrons. The van der Waals surface area contributed by atoms with Gasteiger partial charge in [-0.05, 0) is 48.8 Å². The Bertz CT molecular complexity index is 1050. The number of fused-ring (bicyclic) bond motifs is 1. The number of carbonyl (C=O) groups is 1. The van der Waals surface area contributed by atoms with Crippen LogP contribution in [0.15, 0.2) is 34.5 Å². The van der Waals surface area contributed by atoms with Crippen LogP contribution in [0.2, 0.25) is 0 Å². The zero-order valence-electron chi connectivity index (χ0n) is 20.3. The number of anilines is 1. The molecule has 8 nitrogen and oxygen atoms in total. The van der Waals surface area contributed by atoms with Crippen LogP contribution in [-0.2, 0) is 15.8 Å². The second-order valence-corrected chi connectivity index (χ2v) is 13.0. The molecule has 1 saturated carbocycles. The number of aliphatic hydroxyl groups is 1. The van der Waals surface area contributed by atoms with Crippen LogP contribution in [0.5, 0.6) is 0 Å². The van der Waals surface area contributed by atoms with E-state index in [9.17, 15) is 19.0 Å². The maximum Gasteiger partial charge on any atom is 0.261 e. The van der Waals surface area contributed by atoms with E-state index in [0.717, 1.165) is 32.1 Å². The van der Waals surface area contributed by atoms with Crippen LogP contribution in [0.25, 0.3) is 0 Å². The Balaban J connectivity index is 1.69. The third-order valence-corrected chi connectivity index (χ3v) is 8.45. The molecule has 0 spiro atoms. The number of carbonyl (C=O) groups excluding carboxylic acids is 1. The summed E-state index contributed by atoms with van der Waals surface area (Å²) >= 11 is 0. The summed E-state index contributed by atoms with van der Waals surface area (Å²) < 4.78 is 14.3. The molecule has 0 bridgehead atoms. The first-order chi connectivity index (χ1) is 16.0. The summed E-state index contributed by atoms with van der Waals surface area (Å²) in [7, 11) is -3.09. The molecule has 1 amide bonds. The van der Waals surface area contributed by atoms with Crippen molar-refractivity contribution in [1.29, 1.82) is 0 Å². The molecule has 4 rings (SSSR count). The van der Waals surface area contributed by atoms with Gasteiger partial charge in [-0.25, -0.2) is 9.20 Å². The van der Waals surface area contributed by atoms with Gasteiger partial charge in [-0.15, -0.1) is 0 Å². The summed E-state index contributed by atoms with van der Waals surface area (Å²) in [6.07, 6.45) is 7.75. The van der Waals surface area contributed by atoms with Crippen molar-refractivity contribution in [2.45, 2.75) is 65.3 Å². The molecule has 34 heavy (non-hydrogen) atoms. The molecular weight excluding hydrogens is 471 g/mol. The molecule has 2 aliphatic heterocycles. The Kier molecular flexibility index (Phi) is 7.36. The van der Waals surface area contributed by atoms with Crippen LogP contribution < -0.4 is 15.1 Å². The normalized spacial score (nSPS) is 24.6. The van der Waals surface area contributed by atoms with E-state index >= 15 is 0 Å². The van der Waals surface area contributed by atoms with Crippen molar-refractivity contribution in [3.63, 3.8) is 0 Å². The summed E-state index contributed by atoms with van der Waals surface area (Å²) in [5.41, 5.74) is 1.38. The molecule has 3 aliphatic rings. The Morgan fingerprint density at radius 1 is 1.26 bits per heavy atom. The molecular formula is C24H35N4O4PS. The van der Waals surface area contributed by atoms with Crippen LogP contribution in [-0.4, -0.2) is 49.7 Å². The SMILES string of the molecule is CS(=O)Nc1ccc2c(c1)P(O)NC(C1=C(O)C(C3CCCCC3)N(CCC(C)(C)C)C1=O)=N2. The van der Waals surface area contributed by atoms with Crippen LogP contribution >= 0.6 is 8.30 Å². The number of rotatable bonds is 6. The molecule has 1 aromatic rings. The predicted octanol–water partition coefficient (Wildman–Crippen LogP) is 3.99. The van der Waals surface area contributed by atoms with Crippen molar-refractivity contribution >= 4 is 47.7 Å². The minimum Gasteiger partial charge on any atom is -0.509 e. The van der Waals surface area contributed by atoms with Crippen molar-refractivity contribution in [3.05, 3.63) is 29.5 Å². The number of aliphatic hydroxyl groups excluding tert-OH is 1. The number of amidine groups is 1. The van der Waals surface area contributed by atoms with Crippen molar-refractivity contribution in [2.24, 2.45) is 16.3 Å². The van der Waals surface area contributed by atoms with E-state index in [-0.39, 0.29) is 40.4 Å². The van der Waals surface area contributed by atoms with E-state index in [0.29, 0.717) is 23.2 Å². The molecule has 0 radical (unpaired) electrons. The van der Waals surface area contributed by atoms with Gasteiger partial charge in [-0.1, -0.05) is 40.0 Å². The first-order valence-corrected chi connectivity index (χ1v) is 14.7. The average Bonchev–Trinajstić information content (AvgIpc) is 3.01. The zero-order chi connectivity index (χ0) is 24.6. The van der Waals surface area contributed by atoms with E-state index in [2.05, 4.69) is 35.6 Å². The zero-order valence-corrected chi connectivity index (χ0v) is 22.0. The Labute approximate surface area is 205 Å². The fraction of sp³-hybridized carbons (Fsp3) is 0.583. The first-order valence-electron chi connectivity index (χ1n) is 11.9. The van der Waals surface area contributed by atoms with Gasteiger partial charge in [-0.3, -0.25) is 4.79 Å². The smallest absolute Gasteiger partial charge is 0.261 e. The number of aliphatic imine (C=N–C) groups is 1. The second-order valence-electron chi connectivity index (χ2n) is 10.6. The lowest BCUT2D eigenvalue weighted by atomic mass is 9.82. The van der Waals surface area contributed by atoms with Gasteiger partial charge in [-0.2, -0.15) is 0 Å². The maximum atomic E-state index is 13.6. The van der Waals surface area contributed by atoms with Crippen LogP contribution in [0.4, 0.5) is 11.4 Å². The summed E-state index contributed by atoms with van der Waals surface area (Å²) in [5.74, 6) is 0.298. The number of nitrogens with one attached hydrogen (secondary N) is 2. The summed E-state index contributed by atoms with van der Waals surface area (Å²) in [6.45, 7) is 7.02. The average molecular weight is 507 g/mol. The van der Waals surface area contributed by atoms with E-state index in [1.165, 1.54) is 12.7 Å². The minimum atomic E-state index is -1.85. The number of hydrogen-bond acceptors (Lipinski definition) is 6. The fourth-order valence-corrected chi connectivity index (χ4v) is 6.50. The van der Waals surface area contributed by atoms with Gasteiger partial charge in [0, 0.05) is 18.5 Å². The van der Waals surface area contributed by atoms with Crippen molar-refractivity contribution < 1.29 is 19.0 Å². The minimum absolute atomic E-state index is 0.0582. The van der Waals surface area contributed by atoms with E-state index in [4.69, 9.17) is 0 Å². The Morgan fingerprint density at radius 2 is 1.97 bits per heavy atom. The quantitative estimate of drug-likeness (QED) is 0.436. The summed E-state index contributed by atoms with van der Waals surface area (Å²) in [4.78, 5) is 30.9. The van der Waals surface area contributed by atoms with Gasteiger partial charge in [0.15, 0.2) is 8.30 Å². The second kappa shape index (κ2) is 9.96. The Hall–Kier alpha value is -1.96. The summed E-state index contributed by atoms with van der Waals surface area (Å²) in [6, 6.07) is 4.83. The summed E-state index contributed by atoms with van der Waals surface area (Å²) in [5, 5.41) is 14.9. The first kappa shape index (κ1) is 25.1. The molecule has 2 heterocycles. The highest BCUT2D eigenvalue weighted by atomic mass is 32.2. The van der Waals surface area contributed by atoms with Crippen LogP contribution in [0.3, 0.4) is 0 Å². The molecule has 1 fully saturated rings. The van der Waals surface area contributed by atoms with E-state index < -0.39 is 19.3 Å². The highest BCUT2D eigenvalue weighted by Gasteiger charge is 2.46. The van der Waals surface area contributed by atoms with E-state index in [1.54, 1.807) is 18.2 Å². The molecule has 4 N–H and O–H groups in total. The number of hydrogen-bond donors (Lipinski definition) is 4. The number of nitrogens with zero attached hydrogens (tertiary/aromatic N) is 2. The highest BCUT2D eigenvalue weighted by molar-refractivity contribution is 7.85. The van der Waals surface area contributed by atoms with E-state index in [1.807, 2.05) is 4.90 Å². The number of benzene rings is 1. The highest BCUT2D eigenvalue weighted by Crippen LogP contribution is 2.41. The van der Waals surface area contributed by atoms with Crippen molar-refractivity contribution in [2.75, 3.05) is 17.5 Å². The lowest BCUT2D eigenvalue weighted by molar-refractivity contribution is -0.128. The van der Waals surface area contributed by atoms with Crippen LogP contribution in [0.1, 0.15) is 59.3 Å². The van der Waals surface area contributed by atoms with Gasteiger partial charge < -0.3 is 24.7 Å². The third-order valence-electron chi connectivity index (χ3n) is 6.69. The third kappa shape index (κ3) is 5.31. The lowest BCUT2D eigenvalue weighted by Gasteiger charge is -2.35. The molecule has 10 heteroatoms. The number of amides is 1. The van der Waals surface area contributed by atoms with Gasteiger partial charge in [0.2, 0.25) is 0 Å². The molecule has 1 aromatic carbocycles. The van der Waals surface area contributed by atoms with Crippen molar-refractivity contribution in [1.82, 2.24) is 9.99 Å². The van der Waals surface area contributed by atoms with Crippen LogP contribution in [0, 0.1) is 11.3 Å². The molecule has 3 unspecified atom stereocenters. The topological polar surface area (TPSA) is 114 Å². The molecule has 0 aromatic heterocycles. The van der Waals surface area contributed by atoms with Gasteiger partial charge in [0.1, 0.15) is 28.2 Å². The standard InChI is InChI=1S/C24H35N4O4PS/c1-24(2,3)12-13-28-20(15-8-6-5-7-9-15)21(29)19(23(28)30)22-25-17-11-10-16(27-34(4)32)14-18(17)33(31)26-22/h10-11,14-15,20,27,29,31H,5-9,12-13H2,1-4H3,(H,25,26). The molecule has 1 aliphatic carbocycles. The Morgan fingerprint density at radius 3 is 2.62 bits per heavy atom. The van der Waals surface area contributed by atoms with Gasteiger partial charge in [0.25, 0.3) is 5.91 Å². The maximum absolute atomic E-state index is 13.6. The van der Waals surface area contributed by atoms with Gasteiger partial charge in [0.05, 0.1) is 17.0 Å². The fourth-order valence-electron chi connectivity index (χ4n) is 4.96. The molecule has 0 saturated heterocycles. The van der Waals surface area contributed by atoms with Gasteiger partial charge >= 0.3 is 0 Å². The monoisotopic (exact) mass is 506 g/mol. The lowest BCUT2D eigenvalue weighted by Crippen LogP contribution is -2.43. The predicted molar refractivity (Wildman–Crippen MR) is 139 cm³/mol. The largest absolute Gasteiger partial charge is 0.509 e. The van der Waals surface area contributed by atoms with Crippen molar-refractivity contribution in [3.8, 4) is 0 Å².